The summed E-state index contributed by atoms with van der Waals surface area (Å²) in [6, 6.07) is 7.76. The van der Waals surface area contributed by atoms with Crippen LogP contribution in [0.4, 0.5) is 11.4 Å². The van der Waals surface area contributed by atoms with Crippen LogP contribution in [0.25, 0.3) is 33.8 Å². The number of H-pyrrole nitrogens is 1. The fourth-order valence-electron chi connectivity index (χ4n) is 4.46. The zero-order chi connectivity index (χ0) is 24.5. The van der Waals surface area contributed by atoms with E-state index in [-0.39, 0.29) is 12.5 Å². The molecule has 174 valence electrons. The summed E-state index contributed by atoms with van der Waals surface area (Å²) in [7, 11) is 1.66. The zero-order valence-corrected chi connectivity index (χ0v) is 19.5. The molecule has 10 nitrogen and oxygen atoms in total. The van der Waals surface area contributed by atoms with Crippen LogP contribution in [0.15, 0.2) is 35.6 Å². The molecule has 35 heavy (non-hydrogen) atoms. The first kappa shape index (κ1) is 22.3. The Kier molecular flexibility index (Phi) is 5.78. The van der Waals surface area contributed by atoms with E-state index in [1.54, 1.807) is 26.3 Å². The number of rotatable bonds is 4. The van der Waals surface area contributed by atoms with Crippen LogP contribution in [-0.2, 0) is 0 Å². The van der Waals surface area contributed by atoms with E-state index in [0.717, 1.165) is 36.8 Å². The maximum atomic E-state index is 10.9. The summed E-state index contributed by atoms with van der Waals surface area (Å²) in [6.07, 6.45) is 4.77. The van der Waals surface area contributed by atoms with Crippen molar-refractivity contribution in [3.8, 4) is 34.6 Å². The van der Waals surface area contributed by atoms with Crippen molar-refractivity contribution < 1.29 is 5.11 Å². The second-order valence-corrected chi connectivity index (χ2v) is 8.61. The highest BCUT2D eigenvalue weighted by atomic mass is 16.3. The molecule has 0 aliphatic carbocycles. The molecule has 1 aliphatic rings. The molecule has 0 amide bonds. The molecule has 1 aliphatic heterocycles. The third-order valence-corrected chi connectivity index (χ3v) is 6.50. The number of benzene rings is 2. The van der Waals surface area contributed by atoms with Gasteiger partial charge in [-0.05, 0) is 43.8 Å². The van der Waals surface area contributed by atoms with Gasteiger partial charge in [0, 0.05) is 60.2 Å². The molecule has 2 aromatic carbocycles. The summed E-state index contributed by atoms with van der Waals surface area (Å²) in [4.78, 5) is 20.3. The monoisotopic (exact) mass is 465 g/mol. The van der Waals surface area contributed by atoms with E-state index in [0.29, 0.717) is 45.2 Å². The van der Waals surface area contributed by atoms with E-state index in [2.05, 4.69) is 31.0 Å². The number of phenolic OH excluding ortho intramolecular Hbond substituents is 1. The van der Waals surface area contributed by atoms with Crippen molar-refractivity contribution in [3.63, 3.8) is 0 Å². The summed E-state index contributed by atoms with van der Waals surface area (Å²) in [5.74, 6) is 3.25. The molecule has 3 heterocycles. The summed E-state index contributed by atoms with van der Waals surface area (Å²) in [6.45, 7) is 3.50. The van der Waals surface area contributed by atoms with Gasteiger partial charge < -0.3 is 15.7 Å². The van der Waals surface area contributed by atoms with Gasteiger partial charge in [-0.25, -0.2) is 20.2 Å². The van der Waals surface area contributed by atoms with Gasteiger partial charge in [0.15, 0.2) is 11.6 Å². The number of anilines is 2. The number of aliphatic imine (C=N–C) groups is 1. The second-order valence-electron chi connectivity index (χ2n) is 8.61. The molecule has 1 saturated heterocycles. The Bertz CT molecular complexity index is 1470. The molecular formula is C24H24BN9O. The van der Waals surface area contributed by atoms with Gasteiger partial charge in [0.2, 0.25) is 0 Å². The molecule has 0 saturated carbocycles. The Hall–Kier alpha value is -4.46. The van der Waals surface area contributed by atoms with Crippen LogP contribution < -0.4 is 10.6 Å². The first-order valence-corrected chi connectivity index (χ1v) is 11.4. The molecule has 0 radical (unpaired) electrons. The minimum atomic E-state index is 0.0237. The molecule has 1 fully saturated rings. The van der Waals surface area contributed by atoms with Crippen LogP contribution in [0.2, 0.25) is 12.6 Å². The van der Waals surface area contributed by atoms with Gasteiger partial charge in [0.1, 0.15) is 17.8 Å². The molecular weight excluding hydrogens is 441 g/mol. The van der Waals surface area contributed by atoms with Gasteiger partial charge in [-0.2, -0.15) is 5.10 Å². The molecule has 0 atom stereocenters. The fraction of sp³-hybridized carbons (Fsp3) is 0.250. The predicted octanol–water partition coefficient (Wildman–Crippen LogP) is 3.10. The average molecular weight is 465 g/mol. The van der Waals surface area contributed by atoms with Crippen LogP contribution in [0.5, 0.6) is 5.75 Å². The average Bonchev–Trinajstić information content (AvgIpc) is 3.43. The van der Waals surface area contributed by atoms with Crippen LogP contribution in [-0.4, -0.2) is 63.3 Å². The van der Waals surface area contributed by atoms with Crippen molar-refractivity contribution in [1.29, 1.82) is 5.26 Å². The molecule has 4 N–H and O–H groups in total. The van der Waals surface area contributed by atoms with Gasteiger partial charge in [0.05, 0.1) is 11.1 Å². The van der Waals surface area contributed by atoms with Crippen molar-refractivity contribution >= 4 is 35.2 Å². The van der Waals surface area contributed by atoms with Crippen molar-refractivity contribution in [2.45, 2.75) is 19.6 Å². The minimum Gasteiger partial charge on any atom is -0.507 e. The highest BCUT2D eigenvalue weighted by molar-refractivity contribution is 6.67. The van der Waals surface area contributed by atoms with Gasteiger partial charge in [-0.3, -0.25) is 10.1 Å². The van der Waals surface area contributed by atoms with E-state index >= 15 is 0 Å². The molecule has 0 spiro atoms. The lowest BCUT2D eigenvalue weighted by Crippen LogP contribution is -2.36. The quantitative estimate of drug-likeness (QED) is 0.236. The molecule has 2 aromatic heterocycles. The second kappa shape index (κ2) is 9.06. The van der Waals surface area contributed by atoms with Gasteiger partial charge in [-0.15, -0.1) is 0 Å². The molecule has 0 bridgehead atoms. The van der Waals surface area contributed by atoms with Gasteiger partial charge >= 0.3 is 0 Å². The summed E-state index contributed by atoms with van der Waals surface area (Å²) in [5.41, 5.74) is 10.6. The number of nitriles is 1. The SMILES string of the molecule is CN=Cc1cc(-c2nc(-c3ncn[nH]3)c3cc(N4CCB(C#N)CC4)ccc3n2)c(O)c(C)c1N. The zero-order valence-electron chi connectivity index (χ0n) is 19.5. The molecule has 5 rings (SSSR count). The number of aromatic nitrogens is 5. The smallest absolute Gasteiger partial charge is 0.271 e. The summed E-state index contributed by atoms with van der Waals surface area (Å²) >= 11 is 0. The Balaban J connectivity index is 1.67. The number of aromatic hydroxyl groups is 1. The third kappa shape index (κ3) is 4.03. The topological polar surface area (TPSA) is 153 Å². The number of hydrogen-bond donors (Lipinski definition) is 3. The summed E-state index contributed by atoms with van der Waals surface area (Å²) < 4.78 is 0. The lowest BCUT2D eigenvalue weighted by atomic mass is 9.45. The first-order valence-electron chi connectivity index (χ1n) is 11.4. The normalized spacial score (nSPS) is 14.1. The fourth-order valence-corrected chi connectivity index (χ4v) is 4.46. The van der Waals surface area contributed by atoms with Crippen LogP contribution in [0.3, 0.4) is 0 Å². The Morgan fingerprint density at radius 2 is 2.06 bits per heavy atom. The predicted molar refractivity (Wildman–Crippen MR) is 138 cm³/mol. The van der Waals surface area contributed by atoms with Crippen LogP contribution >= 0.6 is 0 Å². The number of fused-ring (bicyclic) bond motifs is 1. The maximum Gasteiger partial charge on any atom is 0.271 e. The number of nitrogen functional groups attached to an aromatic ring is 1. The summed E-state index contributed by atoms with van der Waals surface area (Å²) in [5, 5.41) is 27.8. The van der Waals surface area contributed by atoms with E-state index in [9.17, 15) is 10.4 Å². The number of nitrogens with one attached hydrogen (secondary N) is 1. The Morgan fingerprint density at radius 1 is 1.26 bits per heavy atom. The molecule has 11 heteroatoms. The minimum absolute atomic E-state index is 0.0237. The van der Waals surface area contributed by atoms with Crippen LogP contribution in [0.1, 0.15) is 11.1 Å². The van der Waals surface area contributed by atoms with Gasteiger partial charge in [0.25, 0.3) is 6.71 Å². The number of aromatic amines is 1. The van der Waals surface area contributed by atoms with Gasteiger partial charge in [-0.1, -0.05) is 0 Å². The Morgan fingerprint density at radius 3 is 2.74 bits per heavy atom. The van der Waals surface area contributed by atoms with E-state index in [1.165, 1.54) is 6.33 Å². The largest absolute Gasteiger partial charge is 0.507 e. The van der Waals surface area contributed by atoms with E-state index in [1.807, 2.05) is 18.2 Å². The lowest BCUT2D eigenvalue weighted by Gasteiger charge is -2.30. The molecule has 0 unspecified atom stereocenters. The van der Waals surface area contributed by atoms with Crippen molar-refractivity contribution in [1.82, 2.24) is 25.1 Å². The first-order chi connectivity index (χ1) is 17.0. The number of phenols is 1. The highest BCUT2D eigenvalue weighted by Crippen LogP contribution is 2.38. The van der Waals surface area contributed by atoms with E-state index in [4.69, 9.17) is 15.7 Å². The van der Waals surface area contributed by atoms with Crippen molar-refractivity contribution in [2.24, 2.45) is 4.99 Å². The third-order valence-electron chi connectivity index (χ3n) is 6.50. The number of hydrogen-bond acceptors (Lipinski definition) is 9. The van der Waals surface area contributed by atoms with E-state index < -0.39 is 0 Å². The Labute approximate surface area is 202 Å². The number of nitrogens with zero attached hydrogens (tertiary/aromatic N) is 7. The molecule has 4 aromatic rings. The van der Waals surface area contributed by atoms with Crippen molar-refractivity contribution in [3.05, 3.63) is 41.7 Å². The van der Waals surface area contributed by atoms with Crippen LogP contribution in [0, 0.1) is 18.2 Å². The number of nitrogens with two attached hydrogens (primary N) is 1. The standard InChI is InChI=1S/C24H24BN9O/c1-14-20(27)15(11-28-2)9-18(22(14)35)23-31-19-4-3-16(34-7-5-25(12-26)6-8-34)10-17(19)21(32-23)24-29-13-30-33-24/h3-4,9-11,13,35H,5-8,27H2,1-2H3,(H,29,30,33). The lowest BCUT2D eigenvalue weighted by molar-refractivity contribution is 0.473. The highest BCUT2D eigenvalue weighted by Gasteiger charge is 2.24. The van der Waals surface area contributed by atoms with Crippen molar-refractivity contribution in [2.75, 3.05) is 30.8 Å². The maximum absolute atomic E-state index is 10.9.